The van der Waals surface area contributed by atoms with Crippen molar-refractivity contribution in [3.8, 4) is 0 Å². The second kappa shape index (κ2) is 6.78. The van der Waals surface area contributed by atoms with Crippen molar-refractivity contribution in [3.63, 3.8) is 0 Å². The lowest BCUT2D eigenvalue weighted by Gasteiger charge is -2.42. The van der Waals surface area contributed by atoms with Gasteiger partial charge >= 0.3 is 0 Å². The molecule has 0 aliphatic carbocycles. The van der Waals surface area contributed by atoms with Gasteiger partial charge in [-0.25, -0.2) is 13.2 Å². The van der Waals surface area contributed by atoms with Crippen LogP contribution in [0.25, 0.3) is 0 Å². The van der Waals surface area contributed by atoms with E-state index in [0.717, 1.165) is 11.6 Å². The molecule has 1 aliphatic rings. The van der Waals surface area contributed by atoms with Gasteiger partial charge in [0.25, 0.3) is 0 Å². The van der Waals surface area contributed by atoms with E-state index in [1.165, 1.54) is 6.92 Å². The average Bonchev–Trinajstić information content (AvgIpc) is 2.56. The summed E-state index contributed by atoms with van der Waals surface area (Å²) in [4.78, 5) is 1.71. The topological polar surface area (TPSA) is 43.7 Å². The van der Waals surface area contributed by atoms with Gasteiger partial charge in [-0.15, -0.1) is 0 Å². The average molecular weight is 351 g/mol. The minimum atomic E-state index is -1.95. The Kier molecular flexibility index (Phi) is 4.86. The minimum absolute atomic E-state index is 0.00671. The highest BCUT2D eigenvalue weighted by Crippen LogP contribution is 2.39. The first-order chi connectivity index (χ1) is 11.8. The van der Waals surface area contributed by atoms with E-state index in [0.29, 0.717) is 6.54 Å². The van der Waals surface area contributed by atoms with E-state index in [-0.39, 0.29) is 24.9 Å². The first-order valence-corrected chi connectivity index (χ1v) is 8.15. The molecule has 2 unspecified atom stereocenters. The monoisotopic (exact) mass is 351 g/mol. The van der Waals surface area contributed by atoms with E-state index >= 15 is 0 Å². The molecule has 0 radical (unpaired) electrons. The normalized spacial score (nSPS) is 24.5. The molecule has 1 saturated heterocycles. The summed E-state index contributed by atoms with van der Waals surface area (Å²) in [6.07, 6.45) is -1.40. The number of aliphatic hydroxyl groups excluding tert-OH is 1. The van der Waals surface area contributed by atoms with Crippen LogP contribution in [-0.2, 0) is 12.1 Å². The van der Waals surface area contributed by atoms with Gasteiger partial charge in [-0.1, -0.05) is 30.3 Å². The third-order valence-electron chi connectivity index (χ3n) is 4.79. The van der Waals surface area contributed by atoms with Gasteiger partial charge in [0, 0.05) is 19.5 Å². The summed E-state index contributed by atoms with van der Waals surface area (Å²) in [5.41, 5.74) is -1.83. The van der Waals surface area contributed by atoms with Crippen LogP contribution < -0.4 is 0 Å². The quantitative estimate of drug-likeness (QED) is 0.835. The number of aliphatic hydroxyl groups is 2. The Morgan fingerprint density at radius 3 is 2.48 bits per heavy atom. The molecule has 134 valence electrons. The lowest BCUT2D eigenvalue weighted by Crippen LogP contribution is -2.49. The maximum atomic E-state index is 14.3. The smallest absolute Gasteiger partial charge is 0.168 e. The molecule has 0 aromatic heterocycles. The van der Waals surface area contributed by atoms with Crippen LogP contribution in [0.5, 0.6) is 0 Å². The van der Waals surface area contributed by atoms with Crippen LogP contribution in [0.2, 0.25) is 0 Å². The summed E-state index contributed by atoms with van der Waals surface area (Å²) in [6.45, 7) is 1.93. The zero-order chi connectivity index (χ0) is 18.2. The van der Waals surface area contributed by atoms with Crippen molar-refractivity contribution in [1.82, 2.24) is 4.90 Å². The Balaban J connectivity index is 1.83. The Bertz CT molecular complexity index is 769. The van der Waals surface area contributed by atoms with Crippen molar-refractivity contribution in [3.05, 3.63) is 70.5 Å². The highest BCUT2D eigenvalue weighted by atomic mass is 19.2. The largest absolute Gasteiger partial charge is 0.385 e. The summed E-state index contributed by atoms with van der Waals surface area (Å²) in [5, 5.41) is 21.1. The van der Waals surface area contributed by atoms with Gasteiger partial charge < -0.3 is 10.2 Å². The molecular formula is C19H20F3NO2. The fourth-order valence-corrected chi connectivity index (χ4v) is 3.38. The van der Waals surface area contributed by atoms with Gasteiger partial charge in [0.1, 0.15) is 17.6 Å². The zero-order valence-corrected chi connectivity index (χ0v) is 13.8. The Morgan fingerprint density at radius 2 is 1.84 bits per heavy atom. The van der Waals surface area contributed by atoms with Crippen LogP contribution in [0.4, 0.5) is 13.2 Å². The molecule has 1 heterocycles. The molecule has 2 aromatic rings. The van der Waals surface area contributed by atoms with Crippen LogP contribution in [0, 0.1) is 24.4 Å². The molecule has 3 rings (SSSR count). The predicted molar refractivity (Wildman–Crippen MR) is 87.0 cm³/mol. The van der Waals surface area contributed by atoms with Gasteiger partial charge in [0.05, 0.1) is 5.56 Å². The first kappa shape index (κ1) is 17.9. The first-order valence-electron chi connectivity index (χ1n) is 8.15. The van der Waals surface area contributed by atoms with Crippen LogP contribution in [0.1, 0.15) is 29.5 Å². The number of hydrogen-bond acceptors (Lipinski definition) is 3. The maximum Gasteiger partial charge on any atom is 0.168 e. The Labute approximate surface area is 144 Å². The third-order valence-corrected chi connectivity index (χ3v) is 4.79. The van der Waals surface area contributed by atoms with Gasteiger partial charge in [-0.3, -0.25) is 4.90 Å². The molecule has 6 heteroatoms. The number of hydrogen-bond donors (Lipinski definition) is 2. The predicted octanol–water partition coefficient (Wildman–Crippen LogP) is 3.21. The number of piperidine rings is 1. The molecule has 3 nitrogen and oxygen atoms in total. The number of aryl methyl sites for hydroxylation is 1. The lowest BCUT2D eigenvalue weighted by atomic mass is 9.82. The molecule has 1 fully saturated rings. The number of likely N-dealkylation sites (tertiary alicyclic amines) is 1. The zero-order valence-electron chi connectivity index (χ0n) is 13.8. The van der Waals surface area contributed by atoms with Crippen molar-refractivity contribution in [1.29, 1.82) is 0 Å². The van der Waals surface area contributed by atoms with E-state index < -0.39 is 34.8 Å². The molecule has 0 bridgehead atoms. The van der Waals surface area contributed by atoms with E-state index in [1.807, 2.05) is 30.3 Å². The summed E-state index contributed by atoms with van der Waals surface area (Å²) in [6, 6.07) is 10.3. The lowest BCUT2D eigenvalue weighted by molar-refractivity contribution is -0.126. The SMILES string of the molecule is Cc1cc(F)c(C2(O)CCN(Cc3ccccc3)C(O)C2)c(F)c1F. The van der Waals surface area contributed by atoms with Crippen molar-refractivity contribution in [2.45, 2.75) is 38.1 Å². The number of halogens is 3. The molecule has 0 amide bonds. The molecule has 1 aliphatic heterocycles. The van der Waals surface area contributed by atoms with E-state index in [2.05, 4.69) is 0 Å². The fraction of sp³-hybridized carbons (Fsp3) is 0.368. The Hall–Kier alpha value is -1.89. The summed E-state index contributed by atoms with van der Waals surface area (Å²) < 4.78 is 42.3. The summed E-state index contributed by atoms with van der Waals surface area (Å²) in [5.74, 6) is -3.56. The maximum absolute atomic E-state index is 14.3. The van der Waals surface area contributed by atoms with Crippen LogP contribution in [0.3, 0.4) is 0 Å². The molecule has 2 atom stereocenters. The number of benzene rings is 2. The highest BCUT2D eigenvalue weighted by molar-refractivity contribution is 5.32. The summed E-state index contributed by atoms with van der Waals surface area (Å²) in [7, 11) is 0. The van der Waals surface area contributed by atoms with Gasteiger partial charge in [0.2, 0.25) is 0 Å². The van der Waals surface area contributed by atoms with E-state index in [1.54, 1.807) is 4.90 Å². The second-order valence-corrected chi connectivity index (χ2v) is 6.60. The third kappa shape index (κ3) is 3.42. The van der Waals surface area contributed by atoms with Crippen molar-refractivity contribution < 1.29 is 23.4 Å². The standard InChI is InChI=1S/C19H20F3NO2/c1-12-9-14(20)16(18(22)17(12)21)19(25)7-8-23(15(24)10-19)11-13-5-3-2-4-6-13/h2-6,9,15,24-25H,7-8,10-11H2,1H3. The highest BCUT2D eigenvalue weighted by Gasteiger charge is 2.43. The molecule has 2 aromatic carbocycles. The van der Waals surface area contributed by atoms with Gasteiger partial charge in [-0.05, 0) is 30.5 Å². The van der Waals surface area contributed by atoms with Crippen LogP contribution in [-0.4, -0.2) is 27.9 Å². The number of nitrogens with zero attached hydrogens (tertiary/aromatic N) is 1. The molecular weight excluding hydrogens is 331 g/mol. The molecule has 2 N–H and O–H groups in total. The van der Waals surface area contributed by atoms with Crippen molar-refractivity contribution >= 4 is 0 Å². The van der Waals surface area contributed by atoms with Crippen molar-refractivity contribution in [2.75, 3.05) is 6.54 Å². The van der Waals surface area contributed by atoms with Gasteiger partial charge in [0.15, 0.2) is 11.6 Å². The van der Waals surface area contributed by atoms with Crippen molar-refractivity contribution in [2.24, 2.45) is 0 Å². The Morgan fingerprint density at radius 1 is 1.16 bits per heavy atom. The number of rotatable bonds is 3. The fourth-order valence-electron chi connectivity index (χ4n) is 3.38. The molecule has 0 saturated carbocycles. The summed E-state index contributed by atoms with van der Waals surface area (Å²) >= 11 is 0. The second-order valence-electron chi connectivity index (χ2n) is 6.60. The molecule has 0 spiro atoms. The van der Waals surface area contributed by atoms with Crippen LogP contribution in [0.15, 0.2) is 36.4 Å². The van der Waals surface area contributed by atoms with E-state index in [9.17, 15) is 23.4 Å². The van der Waals surface area contributed by atoms with Gasteiger partial charge in [-0.2, -0.15) is 0 Å². The van der Waals surface area contributed by atoms with Crippen LogP contribution >= 0.6 is 0 Å². The van der Waals surface area contributed by atoms with E-state index in [4.69, 9.17) is 0 Å². The minimum Gasteiger partial charge on any atom is -0.385 e. The molecule has 25 heavy (non-hydrogen) atoms.